The molecule has 3 heterocycles. The molecule has 1 saturated carbocycles. The minimum Gasteiger partial charge on any atom is -0.353 e. The molecule has 4 rings (SSSR count). The molecule has 2 aromatic rings. The largest absolute Gasteiger partial charge is 0.353 e. The minimum absolute atomic E-state index is 0.0147. The van der Waals surface area contributed by atoms with E-state index in [9.17, 15) is 18.8 Å². The topological polar surface area (TPSA) is 86.0 Å². The summed E-state index contributed by atoms with van der Waals surface area (Å²) < 4.78 is 17.0. The van der Waals surface area contributed by atoms with Crippen LogP contribution in [0.15, 0.2) is 21.9 Å². The molecule has 0 radical (unpaired) electrons. The number of thioether (sulfide) groups is 1. The normalized spacial score (nSPS) is 22.9. The van der Waals surface area contributed by atoms with E-state index in [1.54, 1.807) is 4.57 Å². The Kier molecular flexibility index (Phi) is 7.56. The van der Waals surface area contributed by atoms with Crippen LogP contribution in [0.2, 0.25) is 0 Å². The molecule has 2 aliphatic rings. The molecule has 180 valence electrons. The van der Waals surface area contributed by atoms with E-state index in [1.807, 2.05) is 18.7 Å². The molecular formula is C24H33FN4O3S. The molecule has 2 fully saturated rings. The molecule has 1 N–H and O–H groups in total. The highest BCUT2D eigenvalue weighted by Gasteiger charge is 2.30. The Morgan fingerprint density at radius 2 is 1.82 bits per heavy atom. The summed E-state index contributed by atoms with van der Waals surface area (Å²) in [5.74, 6) is 1.37. The second-order valence-corrected chi connectivity index (χ2v) is 10.6. The lowest BCUT2D eigenvalue weighted by Gasteiger charge is -2.32. The van der Waals surface area contributed by atoms with Gasteiger partial charge >= 0.3 is 5.69 Å². The molecule has 7 nitrogen and oxygen atoms in total. The molecule has 2 aromatic heterocycles. The smallest absolute Gasteiger partial charge is 0.333 e. The third-order valence-corrected chi connectivity index (χ3v) is 8.11. The van der Waals surface area contributed by atoms with Crippen molar-refractivity contribution in [3.05, 3.63) is 38.9 Å². The van der Waals surface area contributed by atoms with Gasteiger partial charge in [0.1, 0.15) is 11.5 Å². The van der Waals surface area contributed by atoms with E-state index in [4.69, 9.17) is 0 Å². The van der Waals surface area contributed by atoms with E-state index < -0.39 is 11.4 Å². The predicted octanol–water partition coefficient (Wildman–Crippen LogP) is 3.80. The lowest BCUT2D eigenvalue weighted by molar-refractivity contribution is -0.125. The molecule has 1 saturated heterocycles. The molecule has 0 bridgehead atoms. The number of nitrogens with one attached hydrogen (secondary N) is 1. The third kappa shape index (κ3) is 5.03. The monoisotopic (exact) mass is 476 g/mol. The van der Waals surface area contributed by atoms with Crippen LogP contribution < -0.4 is 16.6 Å². The summed E-state index contributed by atoms with van der Waals surface area (Å²) in [6, 6.07) is 0.959. The van der Waals surface area contributed by atoms with Crippen LogP contribution in [-0.4, -0.2) is 37.6 Å². The van der Waals surface area contributed by atoms with Crippen LogP contribution in [0.25, 0.3) is 11.0 Å². The van der Waals surface area contributed by atoms with Gasteiger partial charge in [-0.3, -0.25) is 18.7 Å². The van der Waals surface area contributed by atoms with Crippen molar-refractivity contribution in [3.8, 4) is 0 Å². The first-order chi connectivity index (χ1) is 15.9. The standard InChI is InChI=1S/C24H33FN4O3S/c1-3-4-15(2)22(30)27-17-5-7-18(8-6-17)29-23(31)20-13-16(25)14-26-21(20)28(24(29)32)19-9-11-33-12-10-19/h13-15,17-19H,3-12H2,1-2H3,(H,27,30). The summed E-state index contributed by atoms with van der Waals surface area (Å²) in [4.78, 5) is 43.5. The molecule has 1 amide bonds. The Bertz CT molecular complexity index is 1120. The summed E-state index contributed by atoms with van der Waals surface area (Å²) in [7, 11) is 0. The average molecular weight is 477 g/mol. The van der Waals surface area contributed by atoms with Gasteiger partial charge in [-0.1, -0.05) is 20.3 Å². The van der Waals surface area contributed by atoms with Gasteiger partial charge in [-0.15, -0.1) is 0 Å². The number of aromatic nitrogens is 3. The predicted molar refractivity (Wildman–Crippen MR) is 129 cm³/mol. The number of halogens is 1. The number of carbonyl (C=O) groups excluding carboxylic acids is 1. The number of hydrogen-bond acceptors (Lipinski definition) is 5. The molecule has 9 heteroatoms. The van der Waals surface area contributed by atoms with E-state index in [1.165, 1.54) is 10.6 Å². The lowest BCUT2D eigenvalue weighted by atomic mass is 9.90. The summed E-state index contributed by atoms with van der Waals surface area (Å²) in [5.41, 5.74) is -0.523. The molecular weight excluding hydrogens is 443 g/mol. The van der Waals surface area contributed by atoms with Crippen molar-refractivity contribution in [2.24, 2.45) is 5.92 Å². The fourth-order valence-electron chi connectivity index (χ4n) is 5.19. The van der Waals surface area contributed by atoms with Crippen molar-refractivity contribution >= 4 is 28.7 Å². The maximum atomic E-state index is 14.0. The van der Waals surface area contributed by atoms with Crippen molar-refractivity contribution in [1.82, 2.24) is 19.4 Å². The van der Waals surface area contributed by atoms with E-state index in [-0.39, 0.29) is 46.7 Å². The number of rotatable bonds is 6. The van der Waals surface area contributed by atoms with Gasteiger partial charge in [0.05, 0.1) is 11.6 Å². The van der Waals surface area contributed by atoms with Gasteiger partial charge < -0.3 is 5.32 Å². The highest BCUT2D eigenvalue weighted by Crippen LogP contribution is 2.30. The van der Waals surface area contributed by atoms with E-state index in [0.717, 1.165) is 43.4 Å². The van der Waals surface area contributed by atoms with Crippen molar-refractivity contribution in [3.63, 3.8) is 0 Å². The molecule has 1 atom stereocenters. The first-order valence-corrected chi connectivity index (χ1v) is 13.3. The summed E-state index contributed by atoms with van der Waals surface area (Å²) in [6.45, 7) is 4.01. The average Bonchev–Trinajstić information content (AvgIpc) is 2.81. The van der Waals surface area contributed by atoms with Crippen LogP contribution in [0, 0.1) is 11.7 Å². The van der Waals surface area contributed by atoms with Crippen LogP contribution in [0.4, 0.5) is 4.39 Å². The molecule has 1 aliphatic carbocycles. The van der Waals surface area contributed by atoms with Gasteiger partial charge in [0, 0.05) is 24.0 Å². The maximum absolute atomic E-state index is 14.0. The molecule has 0 spiro atoms. The van der Waals surface area contributed by atoms with Gasteiger partial charge in [0.2, 0.25) is 5.91 Å². The van der Waals surface area contributed by atoms with Gasteiger partial charge in [0.15, 0.2) is 0 Å². The molecule has 33 heavy (non-hydrogen) atoms. The number of carbonyl (C=O) groups is 1. The fourth-order valence-corrected chi connectivity index (χ4v) is 6.27. The number of fused-ring (bicyclic) bond motifs is 1. The van der Waals surface area contributed by atoms with Crippen molar-refractivity contribution in [1.29, 1.82) is 0 Å². The Morgan fingerprint density at radius 3 is 2.48 bits per heavy atom. The van der Waals surface area contributed by atoms with Gasteiger partial charge in [-0.25, -0.2) is 14.2 Å². The number of pyridine rings is 1. The zero-order valence-corrected chi connectivity index (χ0v) is 20.2. The zero-order chi connectivity index (χ0) is 23.5. The zero-order valence-electron chi connectivity index (χ0n) is 19.4. The fraction of sp³-hybridized carbons (Fsp3) is 0.667. The van der Waals surface area contributed by atoms with E-state index in [0.29, 0.717) is 25.7 Å². The van der Waals surface area contributed by atoms with Crippen molar-refractivity contribution in [2.45, 2.75) is 83.3 Å². The number of nitrogens with zero attached hydrogens (tertiary/aromatic N) is 3. The molecule has 0 aromatic carbocycles. The summed E-state index contributed by atoms with van der Waals surface area (Å²) in [6.07, 6.45) is 7.21. The van der Waals surface area contributed by atoms with Crippen LogP contribution in [0.5, 0.6) is 0 Å². The second-order valence-electron chi connectivity index (χ2n) is 9.40. The van der Waals surface area contributed by atoms with Gasteiger partial charge in [-0.05, 0) is 62.5 Å². The first-order valence-electron chi connectivity index (χ1n) is 12.1. The van der Waals surface area contributed by atoms with E-state index in [2.05, 4.69) is 17.2 Å². The Labute approximate surface area is 197 Å². The Morgan fingerprint density at radius 1 is 1.15 bits per heavy atom. The molecule has 1 unspecified atom stereocenters. The highest BCUT2D eigenvalue weighted by atomic mass is 32.2. The Balaban J connectivity index is 1.63. The van der Waals surface area contributed by atoms with E-state index >= 15 is 0 Å². The van der Waals surface area contributed by atoms with Crippen LogP contribution >= 0.6 is 11.8 Å². The quantitative estimate of drug-likeness (QED) is 0.685. The third-order valence-electron chi connectivity index (χ3n) is 7.06. The minimum atomic E-state index is -0.580. The maximum Gasteiger partial charge on any atom is 0.333 e. The van der Waals surface area contributed by atoms with Gasteiger partial charge in [0.25, 0.3) is 5.56 Å². The second kappa shape index (κ2) is 10.4. The number of hydrogen-bond donors (Lipinski definition) is 1. The summed E-state index contributed by atoms with van der Waals surface area (Å²) >= 11 is 1.85. The Hall–Kier alpha value is -2.16. The van der Waals surface area contributed by atoms with Gasteiger partial charge in [-0.2, -0.15) is 11.8 Å². The SMILES string of the molecule is CCCC(C)C(=O)NC1CCC(n2c(=O)c3cc(F)cnc3n(C3CCSCC3)c2=O)CC1. The summed E-state index contributed by atoms with van der Waals surface area (Å²) in [5, 5.41) is 3.30. The van der Waals surface area contributed by atoms with Crippen molar-refractivity contribution in [2.75, 3.05) is 11.5 Å². The highest BCUT2D eigenvalue weighted by molar-refractivity contribution is 7.99. The van der Waals surface area contributed by atoms with Crippen LogP contribution in [0.3, 0.4) is 0 Å². The van der Waals surface area contributed by atoms with Crippen molar-refractivity contribution < 1.29 is 9.18 Å². The lowest BCUT2D eigenvalue weighted by Crippen LogP contribution is -2.47. The number of amides is 1. The first kappa shape index (κ1) is 24.0. The van der Waals surface area contributed by atoms with Crippen LogP contribution in [0.1, 0.15) is 77.3 Å². The molecule has 1 aliphatic heterocycles. The van der Waals surface area contributed by atoms with Crippen LogP contribution in [-0.2, 0) is 4.79 Å².